The van der Waals surface area contributed by atoms with Gasteiger partial charge >= 0.3 is 0 Å². The highest BCUT2D eigenvalue weighted by molar-refractivity contribution is 5.67. The van der Waals surface area contributed by atoms with Crippen LogP contribution >= 0.6 is 0 Å². The summed E-state index contributed by atoms with van der Waals surface area (Å²) < 4.78 is 14.3. The third kappa shape index (κ3) is 4.42. The van der Waals surface area contributed by atoms with E-state index in [1.807, 2.05) is 66.2 Å². The Morgan fingerprint density at radius 2 is 1.84 bits per heavy atom. The van der Waals surface area contributed by atoms with Crippen molar-refractivity contribution in [1.82, 2.24) is 19.3 Å². The first-order chi connectivity index (χ1) is 15.1. The SMILES string of the molecule is COc1cc(Nc2cc(=O)n(Cc3ccccc3)nc2OC)ccc1-n1cnc(C)c1. The van der Waals surface area contributed by atoms with E-state index in [1.54, 1.807) is 13.4 Å². The topological polar surface area (TPSA) is 83.2 Å². The van der Waals surface area contributed by atoms with Crippen molar-refractivity contribution in [2.24, 2.45) is 0 Å². The first-order valence-electron chi connectivity index (χ1n) is 9.73. The van der Waals surface area contributed by atoms with Crippen LogP contribution in [-0.2, 0) is 6.54 Å². The fraction of sp³-hybridized carbons (Fsp3) is 0.174. The van der Waals surface area contributed by atoms with E-state index in [0.29, 0.717) is 23.9 Å². The molecule has 8 nitrogen and oxygen atoms in total. The van der Waals surface area contributed by atoms with E-state index in [1.165, 1.54) is 17.9 Å². The van der Waals surface area contributed by atoms with Crippen molar-refractivity contribution in [3.05, 3.63) is 88.7 Å². The number of nitrogens with zero attached hydrogens (tertiary/aromatic N) is 4. The van der Waals surface area contributed by atoms with Crippen molar-refractivity contribution in [3.8, 4) is 17.3 Å². The minimum atomic E-state index is -0.232. The zero-order valence-electron chi connectivity index (χ0n) is 17.6. The number of imidazole rings is 1. The summed E-state index contributed by atoms with van der Waals surface area (Å²) >= 11 is 0. The molecule has 0 unspecified atom stereocenters. The molecule has 0 radical (unpaired) electrons. The van der Waals surface area contributed by atoms with Gasteiger partial charge in [0.1, 0.15) is 11.4 Å². The van der Waals surface area contributed by atoms with Crippen LogP contribution in [0.3, 0.4) is 0 Å². The van der Waals surface area contributed by atoms with Crippen LogP contribution in [0.2, 0.25) is 0 Å². The van der Waals surface area contributed by atoms with E-state index in [2.05, 4.69) is 15.4 Å². The van der Waals surface area contributed by atoms with Gasteiger partial charge in [0, 0.05) is 24.0 Å². The van der Waals surface area contributed by atoms with Gasteiger partial charge in [-0.2, -0.15) is 0 Å². The van der Waals surface area contributed by atoms with Gasteiger partial charge in [-0.25, -0.2) is 9.67 Å². The van der Waals surface area contributed by atoms with E-state index in [9.17, 15) is 4.79 Å². The summed E-state index contributed by atoms with van der Waals surface area (Å²) in [5, 5.41) is 7.58. The summed E-state index contributed by atoms with van der Waals surface area (Å²) in [7, 11) is 3.13. The van der Waals surface area contributed by atoms with Gasteiger partial charge in [-0.3, -0.25) is 4.79 Å². The summed E-state index contributed by atoms with van der Waals surface area (Å²) in [6.45, 7) is 2.29. The Balaban J connectivity index is 1.63. The Morgan fingerprint density at radius 3 is 2.52 bits per heavy atom. The van der Waals surface area contributed by atoms with Gasteiger partial charge in [-0.05, 0) is 24.6 Å². The highest BCUT2D eigenvalue weighted by Gasteiger charge is 2.13. The number of anilines is 2. The van der Waals surface area contributed by atoms with Gasteiger partial charge in [-0.1, -0.05) is 30.3 Å². The molecule has 0 saturated heterocycles. The molecule has 2 heterocycles. The molecule has 0 aliphatic heterocycles. The molecule has 0 aliphatic rings. The highest BCUT2D eigenvalue weighted by atomic mass is 16.5. The molecule has 1 N–H and O–H groups in total. The molecule has 4 rings (SSSR count). The molecule has 0 atom stereocenters. The Labute approximate surface area is 179 Å². The number of hydrogen-bond acceptors (Lipinski definition) is 6. The summed E-state index contributed by atoms with van der Waals surface area (Å²) in [4.78, 5) is 16.9. The van der Waals surface area contributed by atoms with Crippen molar-refractivity contribution in [1.29, 1.82) is 0 Å². The van der Waals surface area contributed by atoms with Gasteiger partial charge in [0.05, 0.1) is 38.5 Å². The Hall–Kier alpha value is -4.07. The van der Waals surface area contributed by atoms with Crippen LogP contribution in [0.1, 0.15) is 11.3 Å². The van der Waals surface area contributed by atoms with Gasteiger partial charge in [0.15, 0.2) is 0 Å². The maximum atomic E-state index is 12.6. The number of benzene rings is 2. The molecule has 4 aromatic rings. The Kier molecular flexibility index (Phi) is 5.70. The van der Waals surface area contributed by atoms with Crippen LogP contribution in [-0.4, -0.2) is 33.6 Å². The molecular formula is C23H23N5O3. The molecule has 158 valence electrons. The maximum absolute atomic E-state index is 12.6. The molecule has 2 aromatic carbocycles. The molecule has 0 saturated carbocycles. The van der Waals surface area contributed by atoms with Crippen molar-refractivity contribution >= 4 is 11.4 Å². The molecule has 8 heteroatoms. The molecule has 0 amide bonds. The van der Waals surface area contributed by atoms with Gasteiger partial charge in [0.25, 0.3) is 11.4 Å². The van der Waals surface area contributed by atoms with Crippen molar-refractivity contribution < 1.29 is 9.47 Å². The van der Waals surface area contributed by atoms with Crippen LogP contribution in [0, 0.1) is 6.92 Å². The van der Waals surface area contributed by atoms with Crippen molar-refractivity contribution in [2.45, 2.75) is 13.5 Å². The fourth-order valence-corrected chi connectivity index (χ4v) is 3.26. The lowest BCUT2D eigenvalue weighted by molar-refractivity contribution is 0.381. The second kappa shape index (κ2) is 8.74. The summed E-state index contributed by atoms with van der Waals surface area (Å²) in [5.41, 5.74) is 3.73. The van der Waals surface area contributed by atoms with E-state index < -0.39 is 0 Å². The average Bonchev–Trinajstić information content (AvgIpc) is 3.22. The normalized spacial score (nSPS) is 10.7. The van der Waals surface area contributed by atoms with E-state index in [4.69, 9.17) is 9.47 Å². The molecule has 2 aromatic heterocycles. The van der Waals surface area contributed by atoms with Crippen LogP contribution in [0.15, 0.2) is 71.9 Å². The zero-order valence-corrected chi connectivity index (χ0v) is 17.6. The lowest BCUT2D eigenvalue weighted by atomic mass is 10.2. The van der Waals surface area contributed by atoms with Gasteiger partial charge in [0.2, 0.25) is 0 Å². The zero-order chi connectivity index (χ0) is 21.8. The van der Waals surface area contributed by atoms with Crippen LogP contribution in [0.4, 0.5) is 11.4 Å². The average molecular weight is 417 g/mol. The van der Waals surface area contributed by atoms with Crippen molar-refractivity contribution in [3.63, 3.8) is 0 Å². The number of aromatic nitrogens is 4. The number of methoxy groups -OCH3 is 2. The molecular weight excluding hydrogens is 394 g/mol. The second-order valence-electron chi connectivity index (χ2n) is 6.98. The smallest absolute Gasteiger partial charge is 0.269 e. The van der Waals surface area contributed by atoms with Crippen LogP contribution in [0.25, 0.3) is 5.69 Å². The predicted molar refractivity (Wildman–Crippen MR) is 119 cm³/mol. The fourth-order valence-electron chi connectivity index (χ4n) is 3.26. The molecule has 0 bridgehead atoms. The third-order valence-corrected chi connectivity index (χ3v) is 4.78. The quantitative estimate of drug-likeness (QED) is 0.495. The van der Waals surface area contributed by atoms with Gasteiger partial charge < -0.3 is 19.4 Å². The number of aryl methyl sites for hydroxylation is 1. The van der Waals surface area contributed by atoms with E-state index in [0.717, 1.165) is 22.6 Å². The monoisotopic (exact) mass is 417 g/mol. The predicted octanol–water partition coefficient (Wildman–Crippen LogP) is 3.55. The molecule has 31 heavy (non-hydrogen) atoms. The number of hydrogen-bond donors (Lipinski definition) is 1. The maximum Gasteiger partial charge on any atom is 0.269 e. The Morgan fingerprint density at radius 1 is 1.03 bits per heavy atom. The van der Waals surface area contributed by atoms with E-state index in [-0.39, 0.29) is 5.56 Å². The van der Waals surface area contributed by atoms with Crippen molar-refractivity contribution in [2.75, 3.05) is 19.5 Å². The molecule has 0 fully saturated rings. The lowest BCUT2D eigenvalue weighted by Crippen LogP contribution is -2.24. The summed E-state index contributed by atoms with van der Waals surface area (Å²) in [6.07, 6.45) is 3.66. The molecule has 0 spiro atoms. The number of nitrogens with one attached hydrogen (secondary N) is 1. The van der Waals surface area contributed by atoms with Crippen LogP contribution in [0.5, 0.6) is 11.6 Å². The summed E-state index contributed by atoms with van der Waals surface area (Å²) in [6, 6.07) is 16.8. The summed E-state index contributed by atoms with van der Waals surface area (Å²) in [5.74, 6) is 0.982. The number of rotatable bonds is 7. The largest absolute Gasteiger partial charge is 0.494 e. The first kappa shape index (κ1) is 20.2. The Bertz CT molecular complexity index is 1250. The molecule has 0 aliphatic carbocycles. The van der Waals surface area contributed by atoms with Crippen LogP contribution < -0.4 is 20.3 Å². The first-order valence-corrected chi connectivity index (χ1v) is 9.73. The standard InChI is InChI=1S/C23H23N5O3/c1-16-13-27(15-24-16)20-10-9-18(11-21(20)30-2)25-19-12-22(29)28(26-23(19)31-3)14-17-7-5-4-6-8-17/h4-13,15,25H,14H2,1-3H3. The van der Waals surface area contributed by atoms with E-state index >= 15 is 0 Å². The second-order valence-corrected chi connectivity index (χ2v) is 6.98. The lowest BCUT2D eigenvalue weighted by Gasteiger charge is -2.15. The van der Waals surface area contributed by atoms with Gasteiger partial charge in [-0.15, -0.1) is 5.10 Å². The minimum Gasteiger partial charge on any atom is -0.494 e. The highest BCUT2D eigenvalue weighted by Crippen LogP contribution is 2.30. The number of ether oxygens (including phenoxy) is 2. The third-order valence-electron chi connectivity index (χ3n) is 4.78. The minimum absolute atomic E-state index is 0.232.